The monoisotopic (exact) mass is 255 g/mol. The highest BCUT2D eigenvalue weighted by Crippen LogP contribution is 2.18. The lowest BCUT2D eigenvalue weighted by molar-refractivity contribution is -0.126. The second-order valence-corrected chi connectivity index (χ2v) is 6.78. The Balaban J connectivity index is 4.46. The van der Waals surface area contributed by atoms with E-state index in [1.807, 2.05) is 20.8 Å². The van der Waals surface area contributed by atoms with Crippen LogP contribution in [-0.4, -0.2) is 29.8 Å². The Bertz CT molecular complexity index is 236. The summed E-state index contributed by atoms with van der Waals surface area (Å²) in [5.74, 6) is 1.04. The molecule has 0 aromatic heterocycles. The Morgan fingerprint density at radius 2 is 1.61 bits per heavy atom. The van der Waals surface area contributed by atoms with Crippen molar-refractivity contribution in [2.24, 2.45) is 11.3 Å². The van der Waals surface area contributed by atoms with Gasteiger partial charge < -0.3 is 0 Å². The van der Waals surface area contributed by atoms with Crippen LogP contribution >= 0.6 is 0 Å². The molecule has 0 unspecified atom stereocenters. The molecule has 0 aliphatic heterocycles. The van der Waals surface area contributed by atoms with Gasteiger partial charge in [-0.15, -0.1) is 0 Å². The molecule has 0 bridgehead atoms. The number of hydrogen-bond acceptors (Lipinski definition) is 2. The maximum Gasteiger partial charge on any atom is 0.139 e. The lowest BCUT2D eigenvalue weighted by atomic mass is 9.88. The molecule has 0 N–H and O–H groups in total. The molecular weight excluding hydrogens is 222 g/mol. The summed E-state index contributed by atoms with van der Waals surface area (Å²) in [5.41, 5.74) is -0.197. The van der Waals surface area contributed by atoms with Crippen LogP contribution in [0.2, 0.25) is 0 Å². The maximum absolute atomic E-state index is 12.0. The quantitative estimate of drug-likeness (QED) is 0.650. The normalized spacial score (nSPS) is 12.8. The average Bonchev–Trinajstić information content (AvgIpc) is 2.24. The molecule has 0 radical (unpaired) electrons. The molecule has 0 saturated carbocycles. The van der Waals surface area contributed by atoms with Gasteiger partial charge in [-0.05, 0) is 18.8 Å². The summed E-state index contributed by atoms with van der Waals surface area (Å²) in [6.07, 6.45) is 3.03. The van der Waals surface area contributed by atoms with Crippen LogP contribution < -0.4 is 0 Å². The van der Waals surface area contributed by atoms with E-state index in [2.05, 4.69) is 32.6 Å². The van der Waals surface area contributed by atoms with Gasteiger partial charge >= 0.3 is 0 Å². The van der Waals surface area contributed by atoms with Gasteiger partial charge in [0.1, 0.15) is 5.78 Å². The molecule has 0 spiro atoms. The number of Topliss-reactive ketones (excluding diaryl/α,β-unsaturated/α-hetero) is 1. The summed E-state index contributed by atoms with van der Waals surface area (Å²) in [5, 5.41) is 0. The average molecular weight is 255 g/mol. The molecule has 0 aliphatic carbocycles. The molecule has 0 atom stereocenters. The Morgan fingerprint density at radius 1 is 1.11 bits per heavy atom. The van der Waals surface area contributed by atoms with E-state index in [1.165, 1.54) is 12.8 Å². The Kier molecular flexibility index (Phi) is 7.77. The second-order valence-electron chi connectivity index (χ2n) is 6.78. The fourth-order valence-corrected chi connectivity index (χ4v) is 2.32. The number of nitrogens with zero attached hydrogens (tertiary/aromatic N) is 1. The van der Waals surface area contributed by atoms with Crippen LogP contribution in [-0.2, 0) is 4.79 Å². The minimum Gasteiger partial charge on any atom is -0.300 e. The van der Waals surface area contributed by atoms with E-state index in [0.29, 0.717) is 24.2 Å². The van der Waals surface area contributed by atoms with Crippen molar-refractivity contribution in [1.82, 2.24) is 4.90 Å². The second kappa shape index (κ2) is 7.93. The first-order valence-electron chi connectivity index (χ1n) is 7.49. The minimum atomic E-state index is -0.197. The fraction of sp³-hybridized carbons (Fsp3) is 0.938. The van der Waals surface area contributed by atoms with Crippen LogP contribution in [0.15, 0.2) is 0 Å². The van der Waals surface area contributed by atoms with Crippen LogP contribution in [0.1, 0.15) is 67.7 Å². The largest absolute Gasteiger partial charge is 0.300 e. The molecule has 0 aliphatic rings. The molecular formula is C16H33NO. The van der Waals surface area contributed by atoms with Crippen molar-refractivity contribution in [1.29, 1.82) is 0 Å². The van der Waals surface area contributed by atoms with Crippen molar-refractivity contribution in [2.45, 2.75) is 73.8 Å². The van der Waals surface area contributed by atoms with Gasteiger partial charge in [0.05, 0.1) is 0 Å². The summed E-state index contributed by atoms with van der Waals surface area (Å²) in [6.45, 7) is 17.0. The van der Waals surface area contributed by atoms with Gasteiger partial charge in [-0.3, -0.25) is 9.69 Å². The summed E-state index contributed by atoms with van der Waals surface area (Å²) < 4.78 is 0. The highest BCUT2D eigenvalue weighted by Gasteiger charge is 2.23. The third kappa shape index (κ3) is 6.53. The summed E-state index contributed by atoms with van der Waals surface area (Å²) in [4.78, 5) is 14.5. The first-order chi connectivity index (χ1) is 8.22. The molecule has 0 amide bonds. The van der Waals surface area contributed by atoms with Crippen LogP contribution in [0.25, 0.3) is 0 Å². The van der Waals surface area contributed by atoms with Crippen LogP contribution in [0.4, 0.5) is 0 Å². The van der Waals surface area contributed by atoms with Crippen LogP contribution in [0.3, 0.4) is 0 Å². The van der Waals surface area contributed by atoms with E-state index in [1.54, 1.807) is 0 Å². The molecule has 0 aromatic carbocycles. The van der Waals surface area contributed by atoms with Gasteiger partial charge in [0.25, 0.3) is 0 Å². The van der Waals surface area contributed by atoms with Crippen molar-refractivity contribution in [2.75, 3.05) is 13.1 Å². The molecule has 108 valence electrons. The van der Waals surface area contributed by atoms with Crippen molar-refractivity contribution in [3.8, 4) is 0 Å². The zero-order chi connectivity index (χ0) is 14.3. The van der Waals surface area contributed by atoms with Gasteiger partial charge in [-0.2, -0.15) is 0 Å². The van der Waals surface area contributed by atoms with E-state index < -0.39 is 0 Å². The third-order valence-electron chi connectivity index (χ3n) is 3.52. The lowest BCUT2D eigenvalue weighted by Crippen LogP contribution is -2.39. The lowest BCUT2D eigenvalue weighted by Gasteiger charge is -2.32. The van der Waals surface area contributed by atoms with Crippen LogP contribution in [0.5, 0.6) is 0 Å². The highest BCUT2D eigenvalue weighted by atomic mass is 16.1. The highest BCUT2D eigenvalue weighted by molar-refractivity contribution is 5.83. The van der Waals surface area contributed by atoms with Gasteiger partial charge in [-0.1, -0.05) is 48.5 Å². The Hall–Kier alpha value is -0.370. The molecule has 2 heteroatoms. The molecule has 0 heterocycles. The standard InChI is InChI=1S/C16H33NO/c1-8-14(9-2)17(12-13(3)4)11-10-15(18)16(5,6)7/h13-14H,8-12H2,1-7H3. The van der Waals surface area contributed by atoms with Crippen molar-refractivity contribution in [3.05, 3.63) is 0 Å². The zero-order valence-corrected chi connectivity index (χ0v) is 13.5. The Morgan fingerprint density at radius 3 is 1.94 bits per heavy atom. The maximum atomic E-state index is 12.0. The number of carbonyl (C=O) groups excluding carboxylic acids is 1. The molecule has 0 aromatic rings. The zero-order valence-electron chi connectivity index (χ0n) is 13.5. The topological polar surface area (TPSA) is 20.3 Å². The van der Waals surface area contributed by atoms with E-state index in [0.717, 1.165) is 13.1 Å². The molecule has 0 fully saturated rings. The number of carbonyl (C=O) groups is 1. The van der Waals surface area contributed by atoms with Crippen molar-refractivity contribution in [3.63, 3.8) is 0 Å². The molecule has 0 saturated heterocycles. The van der Waals surface area contributed by atoms with Crippen molar-refractivity contribution >= 4 is 5.78 Å². The number of rotatable bonds is 8. The van der Waals surface area contributed by atoms with E-state index >= 15 is 0 Å². The van der Waals surface area contributed by atoms with Gasteiger partial charge in [-0.25, -0.2) is 0 Å². The summed E-state index contributed by atoms with van der Waals surface area (Å²) in [7, 11) is 0. The summed E-state index contributed by atoms with van der Waals surface area (Å²) >= 11 is 0. The number of ketones is 1. The predicted molar refractivity (Wildman–Crippen MR) is 79.9 cm³/mol. The molecule has 18 heavy (non-hydrogen) atoms. The first-order valence-corrected chi connectivity index (χ1v) is 7.49. The predicted octanol–water partition coefficient (Wildman–Crippen LogP) is 4.14. The minimum absolute atomic E-state index is 0.197. The van der Waals surface area contributed by atoms with Gasteiger partial charge in [0.15, 0.2) is 0 Å². The van der Waals surface area contributed by atoms with E-state index in [-0.39, 0.29) is 5.41 Å². The Labute approximate surface area is 114 Å². The SMILES string of the molecule is CCC(CC)N(CCC(=O)C(C)(C)C)CC(C)C. The van der Waals surface area contributed by atoms with Gasteiger partial charge in [0.2, 0.25) is 0 Å². The molecule has 2 nitrogen and oxygen atoms in total. The first kappa shape index (κ1) is 17.6. The fourth-order valence-electron chi connectivity index (χ4n) is 2.32. The van der Waals surface area contributed by atoms with E-state index in [4.69, 9.17) is 0 Å². The summed E-state index contributed by atoms with van der Waals surface area (Å²) in [6, 6.07) is 0.625. The van der Waals surface area contributed by atoms with Crippen molar-refractivity contribution < 1.29 is 4.79 Å². The van der Waals surface area contributed by atoms with Gasteiger partial charge in [0, 0.05) is 31.0 Å². The smallest absolute Gasteiger partial charge is 0.139 e. The molecule has 0 rings (SSSR count). The van der Waals surface area contributed by atoms with E-state index in [9.17, 15) is 4.79 Å². The van der Waals surface area contributed by atoms with Crippen LogP contribution in [0, 0.1) is 11.3 Å². The third-order valence-corrected chi connectivity index (χ3v) is 3.52. The number of hydrogen-bond donors (Lipinski definition) is 0.